The van der Waals surface area contributed by atoms with Crippen LogP contribution in [0.25, 0.3) is 0 Å². The minimum absolute atomic E-state index is 0.334. The van der Waals surface area contributed by atoms with Crippen molar-refractivity contribution in [2.24, 2.45) is 0 Å². The monoisotopic (exact) mass is 447 g/mol. The van der Waals surface area contributed by atoms with Crippen molar-refractivity contribution >= 4 is 35.0 Å². The van der Waals surface area contributed by atoms with Crippen LogP contribution >= 0.6 is 11.8 Å². The first kappa shape index (κ1) is 21.9. The van der Waals surface area contributed by atoms with Gasteiger partial charge in [0.05, 0.1) is 5.56 Å². The molecule has 2 heterocycles. The Kier molecular flexibility index (Phi) is 7.07. The number of hydrogen-bond acceptors (Lipinski definition) is 6. The van der Waals surface area contributed by atoms with Crippen molar-refractivity contribution in [2.45, 2.75) is 29.7 Å². The second kappa shape index (κ2) is 10.3. The normalized spacial score (nSPS) is 13.1. The smallest absolute Gasteiger partial charge is 0.341 e. The highest BCUT2D eigenvalue weighted by molar-refractivity contribution is 7.99. The van der Waals surface area contributed by atoms with Gasteiger partial charge in [0.25, 0.3) is 5.91 Å². The van der Waals surface area contributed by atoms with Crippen molar-refractivity contribution in [1.82, 2.24) is 4.98 Å². The van der Waals surface area contributed by atoms with Crippen LogP contribution in [0.15, 0.2) is 76.8 Å². The molecule has 1 amide bonds. The molecule has 6 nitrogen and oxygen atoms in total. The first-order chi connectivity index (χ1) is 15.6. The van der Waals surface area contributed by atoms with Crippen LogP contribution in [0.3, 0.4) is 0 Å². The lowest BCUT2D eigenvalue weighted by Crippen LogP contribution is -2.22. The largest absolute Gasteiger partial charge is 0.452 e. The maximum atomic E-state index is 12.6. The highest BCUT2D eigenvalue weighted by Gasteiger charge is 2.17. The van der Waals surface area contributed by atoms with Crippen LogP contribution in [-0.2, 0) is 9.53 Å². The van der Waals surface area contributed by atoms with Crippen LogP contribution in [-0.4, -0.2) is 36.6 Å². The van der Waals surface area contributed by atoms with E-state index in [-0.39, 0.29) is 12.5 Å². The molecule has 1 fully saturated rings. The number of hydrogen-bond donors (Lipinski definition) is 1. The van der Waals surface area contributed by atoms with Gasteiger partial charge in [-0.25, -0.2) is 9.78 Å². The molecule has 7 heteroatoms. The summed E-state index contributed by atoms with van der Waals surface area (Å²) < 4.78 is 5.27. The Morgan fingerprint density at radius 1 is 1.06 bits per heavy atom. The quantitative estimate of drug-likeness (QED) is 0.518. The van der Waals surface area contributed by atoms with Gasteiger partial charge < -0.3 is 15.0 Å². The van der Waals surface area contributed by atoms with Gasteiger partial charge in [0.1, 0.15) is 5.03 Å². The number of pyridine rings is 1. The first-order valence-electron chi connectivity index (χ1n) is 10.6. The molecular formula is C25H25N3O3S. The summed E-state index contributed by atoms with van der Waals surface area (Å²) in [6, 6.07) is 19.0. The van der Waals surface area contributed by atoms with Gasteiger partial charge in [0.15, 0.2) is 6.61 Å². The molecule has 0 aliphatic carbocycles. The van der Waals surface area contributed by atoms with Crippen LogP contribution in [0.5, 0.6) is 0 Å². The van der Waals surface area contributed by atoms with Crippen LogP contribution in [0, 0.1) is 6.92 Å². The fourth-order valence-corrected chi connectivity index (χ4v) is 4.47. The number of benzene rings is 2. The second-order valence-electron chi connectivity index (χ2n) is 7.59. The molecule has 2 aromatic carbocycles. The predicted octanol–water partition coefficient (Wildman–Crippen LogP) is 4.94. The molecular weight excluding hydrogens is 422 g/mol. The number of ether oxygens (including phenoxy) is 1. The zero-order chi connectivity index (χ0) is 22.3. The number of carbonyl (C=O) groups is 2. The van der Waals surface area contributed by atoms with Crippen molar-refractivity contribution < 1.29 is 14.3 Å². The maximum absolute atomic E-state index is 12.6. The summed E-state index contributed by atoms with van der Waals surface area (Å²) in [6.45, 7) is 3.74. The summed E-state index contributed by atoms with van der Waals surface area (Å²) in [6.07, 6.45) is 4.06. The number of esters is 1. The Bertz CT molecular complexity index is 1100. The van der Waals surface area contributed by atoms with Crippen molar-refractivity contribution in [3.05, 3.63) is 78.0 Å². The van der Waals surface area contributed by atoms with E-state index in [2.05, 4.69) is 21.3 Å². The average molecular weight is 448 g/mol. The molecule has 164 valence electrons. The van der Waals surface area contributed by atoms with Crippen LogP contribution in [0.1, 0.15) is 28.8 Å². The lowest BCUT2D eigenvalue weighted by atomic mass is 10.1. The molecule has 4 rings (SSSR count). The summed E-state index contributed by atoms with van der Waals surface area (Å²) in [4.78, 5) is 32.6. The Morgan fingerprint density at radius 2 is 1.84 bits per heavy atom. The Hall–Kier alpha value is -3.32. The Labute approximate surface area is 192 Å². The molecule has 1 aliphatic rings. The molecule has 1 aliphatic heterocycles. The number of anilines is 2. The number of nitrogens with one attached hydrogen (secondary N) is 1. The van der Waals surface area contributed by atoms with Gasteiger partial charge in [0, 0.05) is 35.6 Å². The van der Waals surface area contributed by atoms with E-state index >= 15 is 0 Å². The van der Waals surface area contributed by atoms with Gasteiger partial charge >= 0.3 is 5.97 Å². The summed E-state index contributed by atoms with van der Waals surface area (Å²) in [7, 11) is 0. The third kappa shape index (κ3) is 5.48. The minimum Gasteiger partial charge on any atom is -0.452 e. The van der Waals surface area contributed by atoms with Crippen molar-refractivity contribution in [1.29, 1.82) is 0 Å². The van der Waals surface area contributed by atoms with Gasteiger partial charge in [0.2, 0.25) is 0 Å². The molecule has 0 unspecified atom stereocenters. The fraction of sp³-hybridized carbons (Fsp3) is 0.240. The van der Waals surface area contributed by atoms with E-state index in [0.717, 1.165) is 29.2 Å². The Morgan fingerprint density at radius 3 is 2.59 bits per heavy atom. The van der Waals surface area contributed by atoms with Gasteiger partial charge in [-0.1, -0.05) is 30.0 Å². The number of aryl methyl sites for hydroxylation is 1. The van der Waals surface area contributed by atoms with E-state index in [0.29, 0.717) is 10.6 Å². The summed E-state index contributed by atoms with van der Waals surface area (Å²) >= 11 is 1.38. The van der Waals surface area contributed by atoms with E-state index in [9.17, 15) is 9.59 Å². The third-order valence-corrected chi connectivity index (χ3v) is 6.26. The van der Waals surface area contributed by atoms with Crippen molar-refractivity contribution in [2.75, 3.05) is 29.9 Å². The molecule has 0 atom stereocenters. The molecule has 0 spiro atoms. The van der Waals surface area contributed by atoms with Crippen molar-refractivity contribution in [3.8, 4) is 0 Å². The standard InChI is InChI=1S/C25H25N3O3S/c1-18-16-19(28-14-5-6-15-28)11-12-22(18)27-23(29)17-31-25(30)21-10-7-13-26-24(21)32-20-8-3-2-4-9-20/h2-4,7-13,16H,5-6,14-15,17H2,1H3,(H,27,29). The predicted molar refractivity (Wildman–Crippen MR) is 126 cm³/mol. The summed E-state index contributed by atoms with van der Waals surface area (Å²) in [5.74, 6) is -0.954. The van der Waals surface area contributed by atoms with Gasteiger partial charge in [-0.2, -0.15) is 0 Å². The minimum atomic E-state index is -0.576. The van der Waals surface area contributed by atoms with E-state index in [1.165, 1.54) is 30.3 Å². The highest BCUT2D eigenvalue weighted by Crippen LogP contribution is 2.29. The SMILES string of the molecule is Cc1cc(N2CCCC2)ccc1NC(=O)COC(=O)c1cccnc1Sc1ccccc1. The zero-order valence-corrected chi connectivity index (χ0v) is 18.7. The maximum Gasteiger partial charge on any atom is 0.341 e. The second-order valence-corrected chi connectivity index (χ2v) is 8.65. The average Bonchev–Trinajstić information content (AvgIpc) is 3.35. The number of nitrogens with zero attached hydrogens (tertiary/aromatic N) is 2. The highest BCUT2D eigenvalue weighted by atomic mass is 32.2. The number of carbonyl (C=O) groups excluding carboxylic acids is 2. The molecule has 0 bridgehead atoms. The van der Waals surface area contributed by atoms with E-state index in [1.54, 1.807) is 18.3 Å². The summed E-state index contributed by atoms with van der Waals surface area (Å²) in [5, 5.41) is 3.37. The van der Waals surface area contributed by atoms with Crippen LogP contribution in [0.4, 0.5) is 11.4 Å². The summed E-state index contributed by atoms with van der Waals surface area (Å²) in [5.41, 5.74) is 3.20. The molecule has 0 saturated carbocycles. The molecule has 32 heavy (non-hydrogen) atoms. The van der Waals surface area contributed by atoms with Crippen LogP contribution < -0.4 is 10.2 Å². The lowest BCUT2D eigenvalue weighted by Gasteiger charge is -2.19. The molecule has 3 aromatic rings. The fourth-order valence-electron chi connectivity index (χ4n) is 3.58. The van der Waals surface area contributed by atoms with Gasteiger partial charge in [-0.3, -0.25) is 4.79 Å². The van der Waals surface area contributed by atoms with E-state index < -0.39 is 5.97 Å². The van der Waals surface area contributed by atoms with Crippen LogP contribution in [0.2, 0.25) is 0 Å². The topological polar surface area (TPSA) is 71.5 Å². The Balaban J connectivity index is 1.35. The van der Waals surface area contributed by atoms with Gasteiger partial charge in [-0.05, 0) is 67.8 Å². The lowest BCUT2D eigenvalue weighted by molar-refractivity contribution is -0.119. The third-order valence-electron chi connectivity index (χ3n) is 5.24. The van der Waals surface area contributed by atoms with Crippen molar-refractivity contribution in [3.63, 3.8) is 0 Å². The van der Waals surface area contributed by atoms with E-state index in [1.807, 2.05) is 49.4 Å². The molecule has 1 aromatic heterocycles. The number of rotatable bonds is 7. The molecule has 0 radical (unpaired) electrons. The molecule has 1 N–H and O–H groups in total. The number of amides is 1. The first-order valence-corrected chi connectivity index (χ1v) is 11.4. The zero-order valence-electron chi connectivity index (χ0n) is 17.9. The number of aromatic nitrogens is 1. The van der Waals surface area contributed by atoms with E-state index in [4.69, 9.17) is 4.74 Å². The molecule has 1 saturated heterocycles. The van der Waals surface area contributed by atoms with Gasteiger partial charge in [-0.15, -0.1) is 0 Å².